The minimum Gasteiger partial charge on any atom is -0.459 e. The number of hydrogen-bond donors (Lipinski definition) is 1. The van der Waals surface area contributed by atoms with Gasteiger partial charge in [-0.15, -0.1) is 0 Å². The van der Waals surface area contributed by atoms with E-state index in [2.05, 4.69) is 26.1 Å². The average Bonchev–Trinajstić information content (AvgIpc) is 2.48. The summed E-state index contributed by atoms with van der Waals surface area (Å²) in [6.45, 7) is 7.35. The Labute approximate surface area is 90.6 Å². The molecule has 0 aromatic rings. The quantitative estimate of drug-likeness (QED) is 0.612. The molecule has 3 nitrogen and oxygen atoms in total. The molecule has 0 amide bonds. The number of rotatable bonds is 0. The van der Waals surface area contributed by atoms with Gasteiger partial charge in [0.2, 0.25) is 0 Å². The first-order valence-corrected chi connectivity index (χ1v) is 5.90. The number of hydrogen-bond acceptors (Lipinski definition) is 3. The molecule has 4 atom stereocenters. The number of carbonyl (C=O) groups is 1. The lowest BCUT2D eigenvalue weighted by atomic mass is 9.70. The van der Waals surface area contributed by atoms with E-state index in [-0.39, 0.29) is 17.5 Å². The number of carbonyl (C=O) groups excluding carboxylic acids is 1. The molecule has 0 unspecified atom stereocenters. The molecule has 1 heterocycles. The second-order valence-corrected chi connectivity index (χ2v) is 6.10. The molecular formula is C12H19NO2. The van der Waals surface area contributed by atoms with Gasteiger partial charge in [0.15, 0.2) is 0 Å². The van der Waals surface area contributed by atoms with Crippen molar-refractivity contribution >= 4 is 5.97 Å². The number of morpholine rings is 1. The number of esters is 1. The Hall–Kier alpha value is -0.570. The summed E-state index contributed by atoms with van der Waals surface area (Å²) in [7, 11) is 0. The van der Waals surface area contributed by atoms with Crippen molar-refractivity contribution in [2.24, 2.45) is 16.7 Å². The zero-order chi connectivity index (χ0) is 10.8. The first kappa shape index (κ1) is 9.64. The van der Waals surface area contributed by atoms with Gasteiger partial charge in [-0.25, -0.2) is 0 Å². The van der Waals surface area contributed by atoms with E-state index >= 15 is 0 Å². The van der Waals surface area contributed by atoms with Crippen LogP contribution in [0, 0.1) is 16.7 Å². The fraction of sp³-hybridized carbons (Fsp3) is 0.917. The van der Waals surface area contributed by atoms with Crippen LogP contribution in [0.3, 0.4) is 0 Å². The topological polar surface area (TPSA) is 38.3 Å². The first-order valence-electron chi connectivity index (χ1n) is 5.90. The van der Waals surface area contributed by atoms with Crippen molar-refractivity contribution in [2.75, 3.05) is 6.54 Å². The van der Waals surface area contributed by atoms with Gasteiger partial charge in [-0.1, -0.05) is 20.8 Å². The number of ether oxygens (including phenoxy) is 1. The highest BCUT2D eigenvalue weighted by Gasteiger charge is 2.68. The maximum absolute atomic E-state index is 11.4. The van der Waals surface area contributed by atoms with Gasteiger partial charge in [0.05, 0.1) is 6.54 Å². The molecular weight excluding hydrogens is 190 g/mol. The Kier molecular flexibility index (Phi) is 1.65. The lowest BCUT2D eigenvalue weighted by Gasteiger charge is -2.41. The molecule has 3 aliphatic rings. The van der Waals surface area contributed by atoms with Gasteiger partial charge in [0.1, 0.15) is 6.10 Å². The summed E-state index contributed by atoms with van der Waals surface area (Å²) in [4.78, 5) is 11.4. The molecule has 1 N–H and O–H groups in total. The predicted octanol–water partition coefficient (Wildman–Crippen LogP) is 1.33. The highest BCUT2D eigenvalue weighted by Crippen LogP contribution is 2.66. The summed E-state index contributed by atoms with van der Waals surface area (Å²) in [5.74, 6) is 0.585. The number of nitrogens with one attached hydrogen (secondary N) is 1. The highest BCUT2D eigenvalue weighted by molar-refractivity contribution is 5.73. The second-order valence-electron chi connectivity index (χ2n) is 6.10. The Morgan fingerprint density at radius 1 is 1.40 bits per heavy atom. The second kappa shape index (κ2) is 2.57. The average molecular weight is 209 g/mol. The fourth-order valence-electron chi connectivity index (χ4n) is 4.14. The smallest absolute Gasteiger partial charge is 0.320 e. The Morgan fingerprint density at radius 2 is 2.13 bits per heavy atom. The van der Waals surface area contributed by atoms with Crippen molar-refractivity contribution in [3.63, 3.8) is 0 Å². The van der Waals surface area contributed by atoms with Crippen molar-refractivity contribution < 1.29 is 9.53 Å². The zero-order valence-corrected chi connectivity index (χ0v) is 9.67. The van der Waals surface area contributed by atoms with E-state index in [4.69, 9.17) is 4.74 Å². The molecule has 15 heavy (non-hydrogen) atoms. The molecule has 3 heteroatoms. The van der Waals surface area contributed by atoms with Crippen LogP contribution < -0.4 is 5.32 Å². The SMILES string of the molecule is CC1(C)[C@@H]2CC[C@@]1(C)[C@@H]1OC(=O)CN[C@H]21. The van der Waals surface area contributed by atoms with Crippen LogP contribution >= 0.6 is 0 Å². The van der Waals surface area contributed by atoms with Crippen LogP contribution in [0.1, 0.15) is 33.6 Å². The summed E-state index contributed by atoms with van der Waals surface area (Å²) in [5.41, 5.74) is 0.464. The predicted molar refractivity (Wildman–Crippen MR) is 56.3 cm³/mol. The molecule has 0 radical (unpaired) electrons. The third kappa shape index (κ3) is 0.930. The third-order valence-electron chi connectivity index (χ3n) is 5.50. The molecule has 0 spiro atoms. The van der Waals surface area contributed by atoms with E-state index in [1.54, 1.807) is 0 Å². The van der Waals surface area contributed by atoms with Gasteiger partial charge in [0, 0.05) is 11.5 Å². The van der Waals surface area contributed by atoms with Gasteiger partial charge in [-0.05, 0) is 24.2 Å². The molecule has 0 aromatic heterocycles. The molecule has 0 aromatic carbocycles. The minimum atomic E-state index is -0.0826. The molecule has 2 saturated carbocycles. The van der Waals surface area contributed by atoms with Crippen LogP contribution in [0.2, 0.25) is 0 Å². The largest absolute Gasteiger partial charge is 0.459 e. The zero-order valence-electron chi connectivity index (χ0n) is 9.67. The molecule has 3 fully saturated rings. The lowest BCUT2D eigenvalue weighted by molar-refractivity contribution is -0.163. The first-order chi connectivity index (χ1) is 6.97. The normalized spacial score (nSPS) is 51.4. The maximum Gasteiger partial charge on any atom is 0.320 e. The molecule has 1 saturated heterocycles. The third-order valence-corrected chi connectivity index (χ3v) is 5.50. The fourth-order valence-corrected chi connectivity index (χ4v) is 4.14. The van der Waals surface area contributed by atoms with Crippen LogP contribution in [0.25, 0.3) is 0 Å². The van der Waals surface area contributed by atoms with Gasteiger partial charge in [0.25, 0.3) is 0 Å². The molecule has 3 rings (SSSR count). The van der Waals surface area contributed by atoms with E-state index in [0.717, 1.165) is 0 Å². The van der Waals surface area contributed by atoms with Crippen LogP contribution in [0.4, 0.5) is 0 Å². The van der Waals surface area contributed by atoms with Gasteiger partial charge < -0.3 is 10.1 Å². The van der Waals surface area contributed by atoms with Crippen LogP contribution in [-0.2, 0) is 9.53 Å². The number of fused-ring (bicyclic) bond motifs is 5. The van der Waals surface area contributed by atoms with E-state index in [1.807, 2.05) is 0 Å². The van der Waals surface area contributed by atoms with Gasteiger partial charge >= 0.3 is 5.97 Å². The van der Waals surface area contributed by atoms with Crippen LogP contribution in [-0.4, -0.2) is 24.7 Å². The summed E-state index contributed by atoms with van der Waals surface area (Å²) < 4.78 is 5.58. The summed E-state index contributed by atoms with van der Waals surface area (Å²) >= 11 is 0. The Morgan fingerprint density at radius 3 is 2.87 bits per heavy atom. The minimum absolute atomic E-state index is 0.0826. The van der Waals surface area contributed by atoms with Crippen molar-refractivity contribution in [2.45, 2.75) is 45.8 Å². The molecule has 2 bridgehead atoms. The van der Waals surface area contributed by atoms with E-state index in [0.29, 0.717) is 23.9 Å². The molecule has 84 valence electrons. The van der Waals surface area contributed by atoms with Crippen molar-refractivity contribution in [3.8, 4) is 0 Å². The van der Waals surface area contributed by atoms with Crippen molar-refractivity contribution in [1.82, 2.24) is 5.32 Å². The van der Waals surface area contributed by atoms with E-state index in [9.17, 15) is 4.79 Å². The monoisotopic (exact) mass is 209 g/mol. The van der Waals surface area contributed by atoms with E-state index in [1.165, 1.54) is 12.8 Å². The maximum atomic E-state index is 11.4. The summed E-state index contributed by atoms with van der Waals surface area (Å²) in [5, 5.41) is 3.37. The Balaban J connectivity index is 2.02. The van der Waals surface area contributed by atoms with Crippen molar-refractivity contribution in [3.05, 3.63) is 0 Å². The summed E-state index contributed by atoms with van der Waals surface area (Å²) in [6, 6.07) is 0.399. The summed E-state index contributed by atoms with van der Waals surface area (Å²) in [6.07, 6.45) is 2.57. The highest BCUT2D eigenvalue weighted by atomic mass is 16.5. The van der Waals surface area contributed by atoms with E-state index < -0.39 is 0 Å². The standard InChI is InChI=1S/C12H19NO2/c1-11(2)7-4-5-12(11,3)10-9(7)13-6-8(14)15-10/h7,9-10,13H,4-6H2,1-3H3/t7-,9-,10-,12+/m1/s1. The van der Waals surface area contributed by atoms with Crippen molar-refractivity contribution in [1.29, 1.82) is 0 Å². The lowest BCUT2D eigenvalue weighted by Crippen LogP contribution is -2.55. The van der Waals surface area contributed by atoms with Crippen LogP contribution in [0.5, 0.6) is 0 Å². The van der Waals surface area contributed by atoms with Gasteiger partial charge in [-0.2, -0.15) is 0 Å². The Bertz CT molecular complexity index is 326. The van der Waals surface area contributed by atoms with Gasteiger partial charge in [-0.3, -0.25) is 4.79 Å². The molecule has 1 aliphatic heterocycles. The molecule has 2 aliphatic carbocycles. The van der Waals surface area contributed by atoms with Crippen LogP contribution in [0.15, 0.2) is 0 Å².